The summed E-state index contributed by atoms with van der Waals surface area (Å²) in [5.41, 5.74) is 0.498. The second-order valence-electron chi connectivity index (χ2n) is 3.79. The summed E-state index contributed by atoms with van der Waals surface area (Å²) in [6.45, 7) is 0. The second kappa shape index (κ2) is 6.98. The maximum absolute atomic E-state index is 11.8. The van der Waals surface area contributed by atoms with Gasteiger partial charge in [-0.1, -0.05) is 0 Å². The van der Waals surface area contributed by atoms with Crippen LogP contribution in [0.2, 0.25) is 0 Å². The first-order chi connectivity index (χ1) is 9.72. The van der Waals surface area contributed by atoms with E-state index in [2.05, 4.69) is 5.32 Å². The number of nitrogens with one attached hydrogen (secondary N) is 1. The predicted octanol–water partition coefficient (Wildman–Crippen LogP) is 3.36. The van der Waals surface area contributed by atoms with Crippen LogP contribution in [-0.2, 0) is 4.79 Å². The zero-order chi connectivity index (χ0) is 14.4. The van der Waals surface area contributed by atoms with Crippen LogP contribution in [-0.4, -0.2) is 18.8 Å². The zero-order valence-electron chi connectivity index (χ0n) is 10.8. The van der Waals surface area contributed by atoms with E-state index in [9.17, 15) is 4.79 Å². The minimum atomic E-state index is -0.121. The Labute approximate surface area is 125 Å². The molecule has 0 aliphatic heterocycles. The lowest BCUT2D eigenvalue weighted by atomic mass is 10.3. The first-order valence-corrected chi connectivity index (χ1v) is 7.63. The van der Waals surface area contributed by atoms with E-state index in [1.165, 1.54) is 23.1 Å². The molecule has 1 aromatic carbocycles. The summed E-state index contributed by atoms with van der Waals surface area (Å²) in [5.74, 6) is 0.968. The number of carbonyl (C=O) groups excluding carboxylic acids is 1. The molecule has 1 amide bonds. The molecule has 102 valence electrons. The highest BCUT2D eigenvalue weighted by molar-refractivity contribution is 8.00. The number of thiophene rings is 1. The summed E-state index contributed by atoms with van der Waals surface area (Å²) < 4.78 is 5.07. The molecule has 2 aromatic rings. The number of benzene rings is 1. The molecule has 0 radical (unpaired) electrons. The normalized spacial score (nSPS) is 9.80. The molecule has 0 aliphatic rings. The van der Waals surface area contributed by atoms with Crippen molar-refractivity contribution in [2.45, 2.75) is 4.90 Å². The first kappa shape index (κ1) is 14.4. The van der Waals surface area contributed by atoms with E-state index in [4.69, 9.17) is 10.00 Å². The van der Waals surface area contributed by atoms with Crippen LogP contribution < -0.4 is 10.1 Å². The van der Waals surface area contributed by atoms with Gasteiger partial charge in [0.1, 0.15) is 16.8 Å². The van der Waals surface area contributed by atoms with Gasteiger partial charge in [0.05, 0.1) is 18.4 Å². The van der Waals surface area contributed by atoms with Gasteiger partial charge in [-0.05, 0) is 35.7 Å². The summed E-state index contributed by atoms with van der Waals surface area (Å²) in [4.78, 5) is 12.8. The lowest BCUT2D eigenvalue weighted by molar-refractivity contribution is -0.113. The molecule has 1 N–H and O–H groups in total. The molecule has 4 nitrogen and oxygen atoms in total. The maximum atomic E-state index is 11.8. The molecular weight excluding hydrogens is 292 g/mol. The largest absolute Gasteiger partial charge is 0.497 e. The smallest absolute Gasteiger partial charge is 0.235 e. The topological polar surface area (TPSA) is 62.1 Å². The van der Waals surface area contributed by atoms with Crippen molar-refractivity contribution in [3.05, 3.63) is 41.3 Å². The van der Waals surface area contributed by atoms with Crippen LogP contribution in [0.1, 0.15) is 5.56 Å². The van der Waals surface area contributed by atoms with Gasteiger partial charge in [-0.2, -0.15) is 5.26 Å². The summed E-state index contributed by atoms with van der Waals surface area (Å²) in [6, 6.07) is 11.3. The number of nitriles is 1. The fourth-order valence-corrected chi connectivity index (χ4v) is 2.93. The molecule has 0 atom stereocenters. The van der Waals surface area contributed by atoms with Crippen molar-refractivity contribution in [2.24, 2.45) is 0 Å². The number of methoxy groups -OCH3 is 1. The number of nitrogens with zero attached hydrogens (tertiary/aromatic N) is 1. The van der Waals surface area contributed by atoms with Gasteiger partial charge in [-0.25, -0.2) is 0 Å². The highest BCUT2D eigenvalue weighted by Gasteiger charge is 2.08. The number of hydrogen-bond acceptors (Lipinski definition) is 5. The monoisotopic (exact) mass is 304 g/mol. The Kier molecular flexibility index (Phi) is 5.04. The van der Waals surface area contributed by atoms with Gasteiger partial charge in [-0.15, -0.1) is 23.1 Å². The van der Waals surface area contributed by atoms with Crippen molar-refractivity contribution >= 4 is 34.0 Å². The van der Waals surface area contributed by atoms with E-state index >= 15 is 0 Å². The number of ether oxygens (including phenoxy) is 1. The SMILES string of the molecule is COc1ccc(SCC(=O)Nc2sccc2C#N)cc1. The average Bonchev–Trinajstić information content (AvgIpc) is 2.92. The van der Waals surface area contributed by atoms with Crippen LogP contribution in [0.25, 0.3) is 0 Å². The molecule has 6 heteroatoms. The minimum Gasteiger partial charge on any atom is -0.497 e. The Balaban J connectivity index is 1.87. The van der Waals surface area contributed by atoms with E-state index in [0.717, 1.165) is 10.6 Å². The Bertz CT molecular complexity index is 629. The van der Waals surface area contributed by atoms with Crippen LogP contribution in [0, 0.1) is 11.3 Å². The van der Waals surface area contributed by atoms with Crippen LogP contribution in [0.5, 0.6) is 5.75 Å². The predicted molar refractivity (Wildman–Crippen MR) is 81.4 cm³/mol. The molecule has 0 spiro atoms. The van der Waals surface area contributed by atoms with E-state index < -0.39 is 0 Å². The molecule has 1 heterocycles. The van der Waals surface area contributed by atoms with Gasteiger partial charge in [0, 0.05) is 4.90 Å². The van der Waals surface area contributed by atoms with Crippen molar-refractivity contribution in [3.8, 4) is 11.8 Å². The van der Waals surface area contributed by atoms with Crippen LogP contribution in [0.4, 0.5) is 5.00 Å². The third-order valence-electron chi connectivity index (χ3n) is 2.47. The molecule has 2 rings (SSSR count). The fraction of sp³-hybridized carbons (Fsp3) is 0.143. The highest BCUT2D eigenvalue weighted by atomic mass is 32.2. The number of anilines is 1. The summed E-state index contributed by atoms with van der Waals surface area (Å²) in [5, 5.41) is 14.0. The van der Waals surface area contributed by atoms with Gasteiger partial charge in [0.15, 0.2) is 0 Å². The number of carbonyl (C=O) groups is 1. The van der Waals surface area contributed by atoms with Crippen LogP contribution in [0.3, 0.4) is 0 Å². The summed E-state index contributed by atoms with van der Waals surface area (Å²) in [7, 11) is 1.61. The van der Waals surface area contributed by atoms with Gasteiger partial charge in [-0.3, -0.25) is 4.79 Å². The Morgan fingerprint density at radius 3 is 2.80 bits per heavy atom. The number of thioether (sulfide) groups is 1. The minimum absolute atomic E-state index is 0.121. The molecule has 0 aliphatic carbocycles. The third-order valence-corrected chi connectivity index (χ3v) is 4.31. The van der Waals surface area contributed by atoms with Crippen molar-refractivity contribution in [1.82, 2.24) is 0 Å². The van der Waals surface area contributed by atoms with Crippen molar-refractivity contribution in [1.29, 1.82) is 5.26 Å². The third kappa shape index (κ3) is 3.76. The van der Waals surface area contributed by atoms with Gasteiger partial charge < -0.3 is 10.1 Å². The number of rotatable bonds is 5. The molecular formula is C14H12N2O2S2. The van der Waals surface area contributed by atoms with Gasteiger partial charge in [0.2, 0.25) is 5.91 Å². The standard InChI is InChI=1S/C14H12N2O2S2/c1-18-11-2-4-12(5-3-11)20-9-13(17)16-14-10(8-15)6-7-19-14/h2-7H,9H2,1H3,(H,16,17). The average molecular weight is 304 g/mol. The van der Waals surface area contributed by atoms with Gasteiger partial charge >= 0.3 is 0 Å². The first-order valence-electron chi connectivity index (χ1n) is 5.77. The molecule has 20 heavy (non-hydrogen) atoms. The lowest BCUT2D eigenvalue weighted by Crippen LogP contribution is -2.13. The molecule has 0 saturated carbocycles. The summed E-state index contributed by atoms with van der Waals surface area (Å²) in [6.07, 6.45) is 0. The zero-order valence-corrected chi connectivity index (χ0v) is 12.4. The van der Waals surface area contributed by atoms with Crippen molar-refractivity contribution in [3.63, 3.8) is 0 Å². The molecule has 0 unspecified atom stereocenters. The fourth-order valence-electron chi connectivity index (χ4n) is 1.48. The maximum Gasteiger partial charge on any atom is 0.235 e. The molecule has 0 bridgehead atoms. The van der Waals surface area contributed by atoms with E-state index in [0.29, 0.717) is 16.3 Å². The number of hydrogen-bond donors (Lipinski definition) is 1. The van der Waals surface area contributed by atoms with E-state index in [-0.39, 0.29) is 5.91 Å². The van der Waals surface area contributed by atoms with Crippen LogP contribution in [0.15, 0.2) is 40.6 Å². The lowest BCUT2D eigenvalue weighted by Gasteiger charge is -2.04. The van der Waals surface area contributed by atoms with E-state index in [1.54, 1.807) is 18.6 Å². The van der Waals surface area contributed by atoms with Crippen LogP contribution >= 0.6 is 23.1 Å². The van der Waals surface area contributed by atoms with Crippen molar-refractivity contribution in [2.75, 3.05) is 18.2 Å². The quantitative estimate of drug-likeness (QED) is 0.860. The molecule has 1 aromatic heterocycles. The van der Waals surface area contributed by atoms with Gasteiger partial charge in [0.25, 0.3) is 0 Å². The Morgan fingerprint density at radius 1 is 1.40 bits per heavy atom. The summed E-state index contributed by atoms with van der Waals surface area (Å²) >= 11 is 2.79. The second-order valence-corrected chi connectivity index (χ2v) is 5.75. The Morgan fingerprint density at radius 2 is 2.15 bits per heavy atom. The Hall–Kier alpha value is -1.97. The van der Waals surface area contributed by atoms with E-state index in [1.807, 2.05) is 30.3 Å². The molecule has 0 fully saturated rings. The van der Waals surface area contributed by atoms with Crippen molar-refractivity contribution < 1.29 is 9.53 Å². The molecule has 0 saturated heterocycles. The number of amides is 1. The highest BCUT2D eigenvalue weighted by Crippen LogP contribution is 2.24.